The Balaban J connectivity index is 2.90. The zero-order chi connectivity index (χ0) is 6.95. The van der Waals surface area contributed by atoms with Crippen molar-refractivity contribution in [3.05, 3.63) is 0 Å². The number of hydrogen-bond acceptors (Lipinski definition) is 0. The van der Waals surface area contributed by atoms with Gasteiger partial charge >= 0.3 is 0 Å². The Labute approximate surface area is 66.5 Å². The zero-order valence-corrected chi connectivity index (χ0v) is 6.80. The maximum absolute atomic E-state index is 5.44. The number of rotatable bonds is 3. The lowest BCUT2D eigenvalue weighted by Gasteiger charge is -1.85. The van der Waals surface area contributed by atoms with Crippen LogP contribution >= 0.6 is 23.2 Å². The average Bonchev–Trinajstić information content (AvgIpc) is 1.89. The summed E-state index contributed by atoms with van der Waals surface area (Å²) in [5, 5.41) is 0. The van der Waals surface area contributed by atoms with Crippen molar-refractivity contribution in [3.8, 4) is 11.8 Å². The van der Waals surface area contributed by atoms with Crippen molar-refractivity contribution in [2.24, 2.45) is 0 Å². The third-order valence-corrected chi connectivity index (χ3v) is 1.28. The van der Waals surface area contributed by atoms with Gasteiger partial charge in [-0.1, -0.05) is 5.92 Å². The van der Waals surface area contributed by atoms with E-state index in [1.807, 2.05) is 0 Å². The monoisotopic (exact) mass is 164 g/mol. The molecular weight excluding hydrogens is 155 g/mol. The summed E-state index contributed by atoms with van der Waals surface area (Å²) in [6.45, 7) is 0. The van der Waals surface area contributed by atoms with Crippen molar-refractivity contribution in [2.45, 2.75) is 19.3 Å². The molecule has 52 valence electrons. The molecular formula is C7H10Cl2. The maximum Gasteiger partial charge on any atom is 0.0835 e. The zero-order valence-electron chi connectivity index (χ0n) is 5.29. The number of hydrogen-bond donors (Lipinski definition) is 0. The van der Waals surface area contributed by atoms with Crippen LogP contribution in [-0.2, 0) is 0 Å². The van der Waals surface area contributed by atoms with Crippen LogP contribution in [0.25, 0.3) is 0 Å². The molecule has 0 N–H and O–H groups in total. The fraction of sp³-hybridized carbons (Fsp3) is 0.714. The van der Waals surface area contributed by atoms with Gasteiger partial charge in [0, 0.05) is 12.3 Å². The highest BCUT2D eigenvalue weighted by Crippen LogP contribution is 1.94. The van der Waals surface area contributed by atoms with E-state index in [1.54, 1.807) is 0 Å². The second-order valence-electron chi connectivity index (χ2n) is 1.63. The Morgan fingerprint density at radius 2 is 1.78 bits per heavy atom. The molecule has 0 aliphatic carbocycles. The molecule has 0 nitrogen and oxygen atoms in total. The summed E-state index contributed by atoms with van der Waals surface area (Å²) in [5.41, 5.74) is 0. The Kier molecular flexibility index (Phi) is 8.27. The Hall–Kier alpha value is 0.140. The summed E-state index contributed by atoms with van der Waals surface area (Å²) < 4.78 is 0. The maximum atomic E-state index is 5.44. The van der Waals surface area contributed by atoms with Gasteiger partial charge in [0.25, 0.3) is 0 Å². The number of alkyl halides is 2. The predicted octanol–water partition coefficient (Wildman–Crippen LogP) is 2.64. The summed E-state index contributed by atoms with van der Waals surface area (Å²) in [4.78, 5) is 0. The van der Waals surface area contributed by atoms with Crippen LogP contribution in [-0.4, -0.2) is 11.8 Å². The van der Waals surface area contributed by atoms with E-state index in [9.17, 15) is 0 Å². The third kappa shape index (κ3) is 8.14. The van der Waals surface area contributed by atoms with E-state index in [1.165, 1.54) is 0 Å². The van der Waals surface area contributed by atoms with Crippen LogP contribution in [0.15, 0.2) is 0 Å². The highest BCUT2D eigenvalue weighted by atomic mass is 35.5. The predicted molar refractivity (Wildman–Crippen MR) is 43.1 cm³/mol. The minimum absolute atomic E-state index is 0.445. The Morgan fingerprint density at radius 3 is 2.33 bits per heavy atom. The minimum atomic E-state index is 0.445. The smallest absolute Gasteiger partial charge is 0.0835 e. The Bertz CT molecular complexity index is 99.2. The molecule has 0 aromatic carbocycles. The molecule has 0 unspecified atom stereocenters. The van der Waals surface area contributed by atoms with Gasteiger partial charge in [0.05, 0.1) is 5.88 Å². The molecule has 0 fully saturated rings. The van der Waals surface area contributed by atoms with E-state index in [0.29, 0.717) is 5.88 Å². The summed E-state index contributed by atoms with van der Waals surface area (Å²) in [6.07, 6.45) is 3.07. The van der Waals surface area contributed by atoms with E-state index in [4.69, 9.17) is 23.2 Å². The van der Waals surface area contributed by atoms with Crippen LogP contribution in [0.2, 0.25) is 0 Å². The van der Waals surface area contributed by atoms with E-state index >= 15 is 0 Å². The molecule has 0 aromatic heterocycles. The second kappa shape index (κ2) is 8.14. The Morgan fingerprint density at radius 1 is 1.00 bits per heavy atom. The molecule has 0 aliphatic rings. The first kappa shape index (κ1) is 9.14. The first-order valence-corrected chi connectivity index (χ1v) is 4.06. The molecule has 2 heteroatoms. The SMILES string of the molecule is ClCC#CCCCCCl. The molecule has 0 amide bonds. The lowest BCUT2D eigenvalue weighted by Crippen LogP contribution is -1.74. The molecule has 0 saturated carbocycles. The molecule has 0 aliphatic heterocycles. The van der Waals surface area contributed by atoms with Gasteiger partial charge in [-0.2, -0.15) is 0 Å². The van der Waals surface area contributed by atoms with Crippen molar-refractivity contribution in [1.29, 1.82) is 0 Å². The van der Waals surface area contributed by atoms with Crippen molar-refractivity contribution in [3.63, 3.8) is 0 Å². The molecule has 0 bridgehead atoms. The molecule has 9 heavy (non-hydrogen) atoms. The van der Waals surface area contributed by atoms with Gasteiger partial charge in [0.2, 0.25) is 0 Å². The van der Waals surface area contributed by atoms with Crippen molar-refractivity contribution >= 4 is 23.2 Å². The standard InChI is InChI=1S/C7H10Cl2/c8-6-4-2-1-3-5-7-9/h1-2,4,6-7H2. The highest BCUT2D eigenvalue weighted by Gasteiger charge is 1.80. The number of unbranched alkanes of at least 4 members (excludes halogenated alkanes) is 2. The fourth-order valence-corrected chi connectivity index (χ4v) is 0.727. The van der Waals surface area contributed by atoms with E-state index in [-0.39, 0.29) is 0 Å². The largest absolute Gasteiger partial charge is 0.127 e. The molecule has 0 heterocycles. The van der Waals surface area contributed by atoms with Gasteiger partial charge in [-0.3, -0.25) is 0 Å². The van der Waals surface area contributed by atoms with Gasteiger partial charge in [-0.05, 0) is 12.8 Å². The third-order valence-electron chi connectivity index (χ3n) is 0.877. The minimum Gasteiger partial charge on any atom is -0.127 e. The molecule has 0 rings (SSSR count). The summed E-state index contributed by atoms with van der Waals surface area (Å²) in [7, 11) is 0. The normalized spacial score (nSPS) is 8.22. The fourth-order valence-electron chi connectivity index (χ4n) is 0.444. The van der Waals surface area contributed by atoms with Crippen molar-refractivity contribution in [2.75, 3.05) is 11.8 Å². The van der Waals surface area contributed by atoms with E-state index < -0.39 is 0 Å². The molecule has 0 aromatic rings. The van der Waals surface area contributed by atoms with Gasteiger partial charge in [0.1, 0.15) is 0 Å². The first-order chi connectivity index (χ1) is 4.41. The van der Waals surface area contributed by atoms with Crippen molar-refractivity contribution in [1.82, 2.24) is 0 Å². The molecule has 0 saturated heterocycles. The van der Waals surface area contributed by atoms with Crippen LogP contribution in [0.3, 0.4) is 0 Å². The van der Waals surface area contributed by atoms with E-state index in [0.717, 1.165) is 25.1 Å². The summed E-state index contributed by atoms with van der Waals surface area (Å²) in [5.74, 6) is 6.89. The second-order valence-corrected chi connectivity index (χ2v) is 2.28. The van der Waals surface area contributed by atoms with Crippen LogP contribution in [0.4, 0.5) is 0 Å². The van der Waals surface area contributed by atoms with Crippen LogP contribution in [0, 0.1) is 11.8 Å². The van der Waals surface area contributed by atoms with Crippen LogP contribution in [0.1, 0.15) is 19.3 Å². The van der Waals surface area contributed by atoms with Crippen LogP contribution < -0.4 is 0 Å². The van der Waals surface area contributed by atoms with Gasteiger partial charge in [-0.25, -0.2) is 0 Å². The molecule has 0 atom stereocenters. The summed E-state index contributed by atoms with van der Waals surface area (Å²) in [6, 6.07) is 0. The number of halogens is 2. The summed E-state index contributed by atoms with van der Waals surface area (Å²) >= 11 is 10.8. The average molecular weight is 165 g/mol. The van der Waals surface area contributed by atoms with Crippen LogP contribution in [0.5, 0.6) is 0 Å². The molecule has 0 radical (unpaired) electrons. The molecule has 0 spiro atoms. The lowest BCUT2D eigenvalue weighted by atomic mass is 10.2. The topological polar surface area (TPSA) is 0 Å². The highest BCUT2D eigenvalue weighted by molar-refractivity contribution is 6.19. The quantitative estimate of drug-likeness (QED) is 0.342. The first-order valence-electron chi connectivity index (χ1n) is 2.99. The van der Waals surface area contributed by atoms with E-state index in [2.05, 4.69) is 11.8 Å². The lowest BCUT2D eigenvalue weighted by molar-refractivity contribution is 0.833. The van der Waals surface area contributed by atoms with Crippen molar-refractivity contribution < 1.29 is 0 Å². The van der Waals surface area contributed by atoms with Gasteiger partial charge in [-0.15, -0.1) is 29.1 Å². The van der Waals surface area contributed by atoms with Gasteiger partial charge < -0.3 is 0 Å². The van der Waals surface area contributed by atoms with Gasteiger partial charge in [0.15, 0.2) is 0 Å².